The first-order valence-corrected chi connectivity index (χ1v) is 7.50. The van der Waals surface area contributed by atoms with Gasteiger partial charge in [0.25, 0.3) is 0 Å². The lowest BCUT2D eigenvalue weighted by molar-refractivity contribution is -0.0734. The lowest BCUT2D eigenvalue weighted by atomic mass is 9.84. The van der Waals surface area contributed by atoms with Crippen molar-refractivity contribution in [2.45, 2.75) is 52.2 Å². The molecule has 0 aliphatic heterocycles. The van der Waals surface area contributed by atoms with Crippen molar-refractivity contribution < 1.29 is 9.47 Å². The second-order valence-corrected chi connectivity index (χ2v) is 4.81. The highest BCUT2D eigenvalue weighted by molar-refractivity contribution is 5.30. The van der Waals surface area contributed by atoms with E-state index in [1.807, 2.05) is 26.0 Å². The van der Waals surface area contributed by atoms with Gasteiger partial charge in [0.15, 0.2) is 0 Å². The molecule has 0 heterocycles. The van der Waals surface area contributed by atoms with Crippen LogP contribution in [0.4, 0.5) is 0 Å². The summed E-state index contributed by atoms with van der Waals surface area (Å²) in [6.07, 6.45) is 1.80. The standard InChI is InChI=1S/C16H28N2O2/c1-5-16(6-2,20-8-4)15(18-17)13-9-11-14(12-10-13)19-7-3/h9-12,15,18H,5-8,17H2,1-4H3. The van der Waals surface area contributed by atoms with E-state index in [1.54, 1.807) is 0 Å². The average molecular weight is 280 g/mol. The topological polar surface area (TPSA) is 56.5 Å². The Morgan fingerprint density at radius 2 is 1.65 bits per heavy atom. The summed E-state index contributed by atoms with van der Waals surface area (Å²) >= 11 is 0. The number of hydrogen-bond donors (Lipinski definition) is 2. The lowest BCUT2D eigenvalue weighted by Gasteiger charge is -2.39. The van der Waals surface area contributed by atoms with Crippen LogP contribution in [0.3, 0.4) is 0 Å². The van der Waals surface area contributed by atoms with E-state index in [4.69, 9.17) is 15.3 Å². The molecule has 4 nitrogen and oxygen atoms in total. The Balaban J connectivity index is 3.03. The maximum Gasteiger partial charge on any atom is 0.119 e. The molecular weight excluding hydrogens is 252 g/mol. The second-order valence-electron chi connectivity index (χ2n) is 4.81. The Morgan fingerprint density at radius 3 is 2.05 bits per heavy atom. The summed E-state index contributed by atoms with van der Waals surface area (Å²) in [5.41, 5.74) is 3.77. The third-order valence-electron chi connectivity index (χ3n) is 3.85. The van der Waals surface area contributed by atoms with Gasteiger partial charge in [-0.05, 0) is 44.4 Å². The normalized spacial score (nSPS) is 13.2. The number of ether oxygens (including phenoxy) is 2. The summed E-state index contributed by atoms with van der Waals surface area (Å²) < 4.78 is 11.5. The van der Waals surface area contributed by atoms with Crippen molar-refractivity contribution in [3.63, 3.8) is 0 Å². The highest BCUT2D eigenvalue weighted by Crippen LogP contribution is 2.35. The minimum absolute atomic E-state index is 0.0341. The van der Waals surface area contributed by atoms with Gasteiger partial charge in [0.2, 0.25) is 0 Å². The van der Waals surface area contributed by atoms with Crippen LogP contribution in [0.1, 0.15) is 52.1 Å². The Morgan fingerprint density at radius 1 is 1.05 bits per heavy atom. The summed E-state index contributed by atoms with van der Waals surface area (Å²) in [4.78, 5) is 0. The third-order valence-corrected chi connectivity index (χ3v) is 3.85. The fourth-order valence-corrected chi connectivity index (χ4v) is 2.71. The van der Waals surface area contributed by atoms with Gasteiger partial charge in [-0.25, -0.2) is 0 Å². The maximum atomic E-state index is 6.04. The van der Waals surface area contributed by atoms with E-state index in [0.29, 0.717) is 13.2 Å². The highest BCUT2D eigenvalue weighted by atomic mass is 16.5. The molecule has 114 valence electrons. The van der Waals surface area contributed by atoms with E-state index < -0.39 is 0 Å². The van der Waals surface area contributed by atoms with E-state index >= 15 is 0 Å². The molecule has 3 N–H and O–H groups in total. The molecule has 0 radical (unpaired) electrons. The monoisotopic (exact) mass is 280 g/mol. The van der Waals surface area contributed by atoms with Gasteiger partial charge in [-0.15, -0.1) is 0 Å². The van der Waals surface area contributed by atoms with Gasteiger partial charge >= 0.3 is 0 Å². The van der Waals surface area contributed by atoms with Gasteiger partial charge in [-0.3, -0.25) is 11.3 Å². The summed E-state index contributed by atoms with van der Waals surface area (Å²) in [6, 6.07) is 8.02. The molecule has 0 aliphatic carbocycles. The summed E-state index contributed by atoms with van der Waals surface area (Å²) in [5.74, 6) is 6.68. The van der Waals surface area contributed by atoms with Crippen LogP contribution in [-0.4, -0.2) is 18.8 Å². The Kier molecular flexibility index (Phi) is 6.99. The fourth-order valence-electron chi connectivity index (χ4n) is 2.71. The van der Waals surface area contributed by atoms with Crippen LogP contribution in [-0.2, 0) is 4.74 Å². The first kappa shape index (κ1) is 17.0. The predicted molar refractivity (Wildman–Crippen MR) is 82.6 cm³/mol. The minimum Gasteiger partial charge on any atom is -0.494 e. The van der Waals surface area contributed by atoms with Crippen LogP contribution in [0, 0.1) is 0 Å². The Labute approximate surface area is 122 Å². The van der Waals surface area contributed by atoms with E-state index in [2.05, 4.69) is 31.4 Å². The molecule has 0 aromatic heterocycles. The van der Waals surface area contributed by atoms with E-state index in [1.165, 1.54) is 0 Å². The molecule has 1 aromatic rings. The molecule has 0 fully saturated rings. The van der Waals surface area contributed by atoms with Gasteiger partial charge < -0.3 is 9.47 Å². The zero-order valence-electron chi connectivity index (χ0n) is 13.1. The zero-order chi connectivity index (χ0) is 15.0. The summed E-state index contributed by atoms with van der Waals surface area (Å²) in [5, 5.41) is 0. The molecular formula is C16H28N2O2. The van der Waals surface area contributed by atoms with E-state index in [-0.39, 0.29) is 11.6 Å². The van der Waals surface area contributed by atoms with Gasteiger partial charge in [-0.1, -0.05) is 26.0 Å². The molecule has 4 heteroatoms. The molecule has 1 unspecified atom stereocenters. The molecule has 0 aliphatic rings. The van der Waals surface area contributed by atoms with E-state index in [0.717, 1.165) is 24.2 Å². The minimum atomic E-state index is -0.281. The lowest BCUT2D eigenvalue weighted by Crippen LogP contribution is -2.48. The van der Waals surface area contributed by atoms with Crippen LogP contribution in [0.25, 0.3) is 0 Å². The smallest absolute Gasteiger partial charge is 0.119 e. The van der Waals surface area contributed by atoms with Crippen LogP contribution < -0.4 is 16.0 Å². The van der Waals surface area contributed by atoms with E-state index in [9.17, 15) is 0 Å². The Bertz CT molecular complexity index is 375. The number of nitrogens with one attached hydrogen (secondary N) is 1. The van der Waals surface area contributed by atoms with Crippen LogP contribution in [0.15, 0.2) is 24.3 Å². The van der Waals surface area contributed by atoms with Crippen molar-refractivity contribution in [2.75, 3.05) is 13.2 Å². The van der Waals surface area contributed by atoms with Crippen molar-refractivity contribution in [3.8, 4) is 5.75 Å². The quantitative estimate of drug-likeness (QED) is 0.539. The predicted octanol–water partition coefficient (Wildman–Crippen LogP) is 3.19. The molecule has 0 amide bonds. The van der Waals surface area contributed by atoms with Gasteiger partial charge in [0.1, 0.15) is 5.75 Å². The molecule has 0 bridgehead atoms. The van der Waals surface area contributed by atoms with Crippen molar-refractivity contribution in [1.82, 2.24) is 5.43 Å². The highest BCUT2D eigenvalue weighted by Gasteiger charge is 2.36. The number of nitrogens with two attached hydrogens (primary N) is 1. The van der Waals surface area contributed by atoms with Crippen LogP contribution in [0.5, 0.6) is 5.75 Å². The van der Waals surface area contributed by atoms with Crippen LogP contribution in [0.2, 0.25) is 0 Å². The molecule has 1 aromatic carbocycles. The largest absolute Gasteiger partial charge is 0.494 e. The molecule has 0 saturated heterocycles. The second kappa shape index (κ2) is 8.25. The first-order valence-electron chi connectivity index (χ1n) is 7.50. The molecule has 20 heavy (non-hydrogen) atoms. The maximum absolute atomic E-state index is 6.04. The fraction of sp³-hybridized carbons (Fsp3) is 0.625. The third kappa shape index (κ3) is 3.72. The van der Waals surface area contributed by atoms with Crippen LogP contribution >= 0.6 is 0 Å². The van der Waals surface area contributed by atoms with Gasteiger partial charge in [-0.2, -0.15) is 0 Å². The number of rotatable bonds is 9. The summed E-state index contributed by atoms with van der Waals surface area (Å²) in [6.45, 7) is 9.62. The average Bonchev–Trinajstić information content (AvgIpc) is 2.49. The molecule has 1 rings (SSSR count). The first-order chi connectivity index (χ1) is 9.67. The molecule has 1 atom stereocenters. The Hall–Kier alpha value is -1.10. The van der Waals surface area contributed by atoms with Gasteiger partial charge in [0, 0.05) is 6.61 Å². The van der Waals surface area contributed by atoms with Crippen molar-refractivity contribution in [3.05, 3.63) is 29.8 Å². The number of benzene rings is 1. The number of hydrazine groups is 1. The van der Waals surface area contributed by atoms with Crippen molar-refractivity contribution >= 4 is 0 Å². The van der Waals surface area contributed by atoms with Gasteiger partial charge in [0.05, 0.1) is 18.2 Å². The SMILES string of the molecule is CCOc1ccc(C(NN)C(CC)(CC)OCC)cc1. The summed E-state index contributed by atoms with van der Waals surface area (Å²) in [7, 11) is 0. The van der Waals surface area contributed by atoms with Crippen molar-refractivity contribution in [2.24, 2.45) is 5.84 Å². The number of hydrogen-bond acceptors (Lipinski definition) is 4. The molecule has 0 saturated carbocycles. The van der Waals surface area contributed by atoms with Crippen molar-refractivity contribution in [1.29, 1.82) is 0 Å². The molecule has 0 spiro atoms. The zero-order valence-corrected chi connectivity index (χ0v) is 13.1.